The third-order valence-corrected chi connectivity index (χ3v) is 2.29. The first-order valence-corrected chi connectivity index (χ1v) is 5.25. The number of halogens is 1. The molecule has 0 saturated heterocycles. The van der Waals surface area contributed by atoms with E-state index in [0.29, 0.717) is 17.1 Å². The van der Waals surface area contributed by atoms with Crippen molar-refractivity contribution in [3.05, 3.63) is 28.8 Å². The van der Waals surface area contributed by atoms with Gasteiger partial charge in [0.15, 0.2) is 0 Å². The molecule has 0 aliphatic heterocycles. The second-order valence-corrected chi connectivity index (χ2v) is 3.71. The zero-order valence-corrected chi connectivity index (χ0v) is 9.54. The van der Waals surface area contributed by atoms with Crippen molar-refractivity contribution in [3.8, 4) is 0 Å². The second kappa shape index (κ2) is 5.51. The first kappa shape index (κ1) is 12.5. The van der Waals surface area contributed by atoms with Gasteiger partial charge in [0.2, 0.25) is 5.91 Å². The number of carboxylic acids is 1. The molecule has 0 unspecified atom stereocenters. The fourth-order valence-electron chi connectivity index (χ4n) is 1.19. The molecule has 16 heavy (non-hydrogen) atoms. The van der Waals surface area contributed by atoms with Gasteiger partial charge in [0.1, 0.15) is 0 Å². The normalized spacial score (nSPS) is 9.88. The molecule has 0 fully saturated rings. The first-order chi connectivity index (χ1) is 7.54. The van der Waals surface area contributed by atoms with Gasteiger partial charge in [-0.1, -0.05) is 18.5 Å². The maximum atomic E-state index is 11.3. The zero-order chi connectivity index (χ0) is 12.1. The summed E-state index contributed by atoms with van der Waals surface area (Å²) in [4.78, 5) is 22.0. The number of rotatable bonds is 4. The average Bonchev–Trinajstić information content (AvgIpc) is 2.21. The lowest BCUT2D eigenvalue weighted by atomic mass is 10.2. The van der Waals surface area contributed by atoms with Crippen LogP contribution in [0.4, 0.5) is 5.69 Å². The molecule has 2 N–H and O–H groups in total. The van der Waals surface area contributed by atoms with Crippen LogP contribution >= 0.6 is 11.6 Å². The Morgan fingerprint density at radius 2 is 2.12 bits per heavy atom. The molecule has 1 aromatic rings. The molecule has 1 rings (SSSR count). The lowest BCUT2D eigenvalue weighted by Gasteiger charge is -2.07. The molecule has 1 amide bonds. The molecule has 0 heterocycles. The van der Waals surface area contributed by atoms with Crippen LogP contribution in [0.1, 0.15) is 30.1 Å². The third-order valence-electron chi connectivity index (χ3n) is 1.96. The van der Waals surface area contributed by atoms with E-state index in [-0.39, 0.29) is 11.5 Å². The summed E-state index contributed by atoms with van der Waals surface area (Å²) in [7, 11) is 0. The van der Waals surface area contributed by atoms with Crippen LogP contribution in [-0.4, -0.2) is 17.0 Å². The number of benzene rings is 1. The van der Waals surface area contributed by atoms with Crippen LogP contribution < -0.4 is 5.32 Å². The van der Waals surface area contributed by atoms with Gasteiger partial charge in [-0.25, -0.2) is 4.79 Å². The standard InChI is InChI=1S/C11H12ClNO3/c1-2-3-10(14)13-9-6-7(11(15)16)4-5-8(9)12/h4-6H,2-3H2,1H3,(H,13,14)(H,15,16). The highest BCUT2D eigenvalue weighted by Crippen LogP contribution is 2.23. The quantitative estimate of drug-likeness (QED) is 0.852. The molecule has 0 atom stereocenters. The molecule has 0 spiro atoms. The topological polar surface area (TPSA) is 66.4 Å². The van der Waals surface area contributed by atoms with E-state index in [0.717, 1.165) is 6.42 Å². The Bertz CT molecular complexity index is 418. The minimum absolute atomic E-state index is 0.0937. The highest BCUT2D eigenvalue weighted by atomic mass is 35.5. The smallest absolute Gasteiger partial charge is 0.335 e. The summed E-state index contributed by atoms with van der Waals surface area (Å²) < 4.78 is 0. The number of anilines is 1. The van der Waals surface area contributed by atoms with Gasteiger partial charge in [0.25, 0.3) is 0 Å². The van der Waals surface area contributed by atoms with Gasteiger partial charge < -0.3 is 10.4 Å². The van der Waals surface area contributed by atoms with E-state index < -0.39 is 5.97 Å². The molecular weight excluding hydrogens is 230 g/mol. The van der Waals surface area contributed by atoms with Crippen molar-refractivity contribution in [1.29, 1.82) is 0 Å². The molecule has 0 bridgehead atoms. The van der Waals surface area contributed by atoms with E-state index in [4.69, 9.17) is 16.7 Å². The fourth-order valence-corrected chi connectivity index (χ4v) is 1.36. The Morgan fingerprint density at radius 1 is 1.44 bits per heavy atom. The van der Waals surface area contributed by atoms with Crippen LogP contribution in [0.15, 0.2) is 18.2 Å². The SMILES string of the molecule is CCCC(=O)Nc1cc(C(=O)O)ccc1Cl. The summed E-state index contributed by atoms with van der Waals surface area (Å²) in [5, 5.41) is 11.7. The molecule has 0 saturated carbocycles. The molecule has 0 aromatic heterocycles. The van der Waals surface area contributed by atoms with Crippen LogP contribution in [0.25, 0.3) is 0 Å². The van der Waals surface area contributed by atoms with Crippen LogP contribution in [0, 0.1) is 0 Å². The number of hydrogen-bond acceptors (Lipinski definition) is 2. The summed E-state index contributed by atoms with van der Waals surface area (Å²) in [5.74, 6) is -1.23. The Hall–Kier alpha value is -1.55. The number of nitrogens with one attached hydrogen (secondary N) is 1. The molecule has 0 aliphatic rings. The molecule has 4 nitrogen and oxygen atoms in total. The Kier molecular flexibility index (Phi) is 4.31. The van der Waals surface area contributed by atoms with E-state index >= 15 is 0 Å². The number of hydrogen-bond donors (Lipinski definition) is 2. The fraction of sp³-hybridized carbons (Fsp3) is 0.273. The van der Waals surface area contributed by atoms with E-state index in [1.807, 2.05) is 6.92 Å². The first-order valence-electron chi connectivity index (χ1n) is 4.87. The van der Waals surface area contributed by atoms with Gasteiger partial charge in [0.05, 0.1) is 16.3 Å². The van der Waals surface area contributed by atoms with Gasteiger partial charge in [-0.15, -0.1) is 0 Å². The Labute approximate surface area is 98.2 Å². The van der Waals surface area contributed by atoms with Crippen molar-refractivity contribution in [2.24, 2.45) is 0 Å². The predicted octanol–water partition coefficient (Wildman–Crippen LogP) is 2.78. The van der Waals surface area contributed by atoms with Gasteiger partial charge in [-0.3, -0.25) is 4.79 Å². The van der Waals surface area contributed by atoms with Gasteiger partial charge >= 0.3 is 5.97 Å². The Balaban J connectivity index is 2.90. The molecular formula is C11H12ClNO3. The van der Waals surface area contributed by atoms with Crippen molar-refractivity contribution in [1.82, 2.24) is 0 Å². The number of carbonyl (C=O) groups excluding carboxylic acids is 1. The summed E-state index contributed by atoms with van der Waals surface area (Å²) >= 11 is 5.84. The molecule has 5 heteroatoms. The summed E-state index contributed by atoms with van der Waals surface area (Å²) in [6.07, 6.45) is 1.11. The summed E-state index contributed by atoms with van der Waals surface area (Å²) in [6, 6.07) is 4.19. The van der Waals surface area contributed by atoms with Crippen molar-refractivity contribution in [3.63, 3.8) is 0 Å². The van der Waals surface area contributed by atoms with Gasteiger partial charge in [-0.05, 0) is 24.6 Å². The van der Waals surface area contributed by atoms with Crippen LogP contribution in [-0.2, 0) is 4.79 Å². The summed E-state index contributed by atoms with van der Waals surface area (Å²) in [5.41, 5.74) is 0.427. The van der Waals surface area contributed by atoms with E-state index in [2.05, 4.69) is 5.32 Å². The van der Waals surface area contributed by atoms with Crippen molar-refractivity contribution in [2.45, 2.75) is 19.8 Å². The van der Waals surface area contributed by atoms with Crippen molar-refractivity contribution < 1.29 is 14.7 Å². The molecule has 0 aliphatic carbocycles. The van der Waals surface area contributed by atoms with E-state index in [1.165, 1.54) is 18.2 Å². The Morgan fingerprint density at radius 3 is 2.69 bits per heavy atom. The minimum atomic E-state index is -1.05. The van der Waals surface area contributed by atoms with Crippen LogP contribution in [0.2, 0.25) is 5.02 Å². The van der Waals surface area contributed by atoms with Crippen LogP contribution in [0.3, 0.4) is 0 Å². The average molecular weight is 242 g/mol. The lowest BCUT2D eigenvalue weighted by molar-refractivity contribution is -0.116. The van der Waals surface area contributed by atoms with Crippen LogP contribution in [0.5, 0.6) is 0 Å². The minimum Gasteiger partial charge on any atom is -0.478 e. The molecule has 0 radical (unpaired) electrons. The maximum absolute atomic E-state index is 11.3. The number of aromatic carboxylic acids is 1. The second-order valence-electron chi connectivity index (χ2n) is 3.30. The van der Waals surface area contributed by atoms with E-state index in [9.17, 15) is 9.59 Å². The summed E-state index contributed by atoms with van der Waals surface area (Å²) in [6.45, 7) is 1.88. The van der Waals surface area contributed by atoms with Gasteiger partial charge in [-0.2, -0.15) is 0 Å². The molecule has 86 valence electrons. The van der Waals surface area contributed by atoms with Crippen molar-refractivity contribution in [2.75, 3.05) is 5.32 Å². The monoisotopic (exact) mass is 241 g/mol. The third kappa shape index (κ3) is 3.24. The molecule has 1 aromatic carbocycles. The van der Waals surface area contributed by atoms with E-state index in [1.54, 1.807) is 0 Å². The zero-order valence-electron chi connectivity index (χ0n) is 8.79. The predicted molar refractivity (Wildman–Crippen MR) is 61.9 cm³/mol. The van der Waals surface area contributed by atoms with Gasteiger partial charge in [0, 0.05) is 6.42 Å². The van der Waals surface area contributed by atoms with Crippen molar-refractivity contribution >= 4 is 29.2 Å². The highest BCUT2D eigenvalue weighted by Gasteiger charge is 2.09. The lowest BCUT2D eigenvalue weighted by Crippen LogP contribution is -2.11. The highest BCUT2D eigenvalue weighted by molar-refractivity contribution is 6.33. The number of carbonyl (C=O) groups is 2. The maximum Gasteiger partial charge on any atom is 0.335 e. The number of amides is 1. The largest absolute Gasteiger partial charge is 0.478 e. The number of carboxylic acid groups (broad SMARTS) is 1.